The molecule has 0 bridgehead atoms. The Morgan fingerprint density at radius 2 is 1.79 bits per heavy atom. The van der Waals surface area contributed by atoms with Crippen molar-refractivity contribution in [3.05, 3.63) is 63.9 Å². The number of nitrogens with zero attached hydrogens (tertiary/aromatic N) is 1. The highest BCUT2D eigenvalue weighted by Gasteiger charge is 2.32. The van der Waals surface area contributed by atoms with E-state index >= 15 is 0 Å². The topological polar surface area (TPSA) is 12.9 Å². The van der Waals surface area contributed by atoms with Gasteiger partial charge in [0.1, 0.15) is 0 Å². The Kier molecular flexibility index (Phi) is 3.91. The second-order valence-corrected chi connectivity index (χ2v) is 4.60. The number of benzene rings is 1. The van der Waals surface area contributed by atoms with Crippen LogP contribution in [0, 0.1) is 11.8 Å². The molecular formula is C14H7BrF3N. The standard InChI is InChI=1S/C14H7BrF3N/c15-12-7-10(8-19-9-12)5-6-11-3-1-2-4-13(11)14(16,17)18/h1-4,7-9H. The van der Waals surface area contributed by atoms with Crippen LogP contribution in [0.4, 0.5) is 13.2 Å². The number of alkyl halides is 3. The minimum atomic E-state index is -4.40. The first-order valence-corrected chi connectivity index (χ1v) is 6.05. The van der Waals surface area contributed by atoms with Crippen molar-refractivity contribution in [1.82, 2.24) is 4.98 Å². The van der Waals surface area contributed by atoms with E-state index in [4.69, 9.17) is 0 Å². The minimum Gasteiger partial charge on any atom is -0.262 e. The van der Waals surface area contributed by atoms with Gasteiger partial charge in [0.2, 0.25) is 0 Å². The van der Waals surface area contributed by atoms with Crippen molar-refractivity contribution in [2.45, 2.75) is 6.18 Å². The van der Waals surface area contributed by atoms with E-state index in [1.807, 2.05) is 0 Å². The van der Waals surface area contributed by atoms with Crippen LogP contribution in [0.2, 0.25) is 0 Å². The highest BCUT2D eigenvalue weighted by molar-refractivity contribution is 9.10. The molecule has 0 aliphatic heterocycles. The molecule has 0 fully saturated rings. The van der Waals surface area contributed by atoms with Gasteiger partial charge in [-0.1, -0.05) is 24.0 Å². The zero-order valence-corrected chi connectivity index (χ0v) is 11.1. The molecule has 0 aliphatic rings. The van der Waals surface area contributed by atoms with E-state index < -0.39 is 11.7 Å². The third-order valence-corrected chi connectivity index (χ3v) is 2.71. The lowest BCUT2D eigenvalue weighted by Crippen LogP contribution is -2.07. The number of halogens is 4. The third-order valence-electron chi connectivity index (χ3n) is 2.28. The fraction of sp³-hybridized carbons (Fsp3) is 0.0714. The Morgan fingerprint density at radius 3 is 2.47 bits per heavy atom. The molecule has 0 saturated carbocycles. The van der Waals surface area contributed by atoms with Crippen LogP contribution in [-0.4, -0.2) is 4.98 Å². The van der Waals surface area contributed by atoms with Crippen LogP contribution in [0.25, 0.3) is 0 Å². The minimum absolute atomic E-state index is 0.0463. The van der Waals surface area contributed by atoms with Gasteiger partial charge in [-0.05, 0) is 34.1 Å². The maximum Gasteiger partial charge on any atom is 0.417 e. The van der Waals surface area contributed by atoms with Crippen LogP contribution in [-0.2, 0) is 6.18 Å². The second-order valence-electron chi connectivity index (χ2n) is 3.69. The lowest BCUT2D eigenvalue weighted by Gasteiger charge is -2.08. The van der Waals surface area contributed by atoms with Gasteiger partial charge in [0.25, 0.3) is 0 Å². The van der Waals surface area contributed by atoms with Gasteiger partial charge >= 0.3 is 6.18 Å². The van der Waals surface area contributed by atoms with Gasteiger partial charge < -0.3 is 0 Å². The Balaban J connectivity index is 2.41. The number of rotatable bonds is 0. The summed E-state index contributed by atoms with van der Waals surface area (Å²) in [7, 11) is 0. The maximum atomic E-state index is 12.8. The largest absolute Gasteiger partial charge is 0.417 e. The number of aromatic nitrogens is 1. The molecule has 2 rings (SSSR count). The van der Waals surface area contributed by atoms with Gasteiger partial charge in [-0.3, -0.25) is 4.98 Å². The molecule has 0 spiro atoms. The normalized spacial score (nSPS) is 10.7. The molecule has 96 valence electrons. The monoisotopic (exact) mass is 325 g/mol. The quantitative estimate of drug-likeness (QED) is 0.659. The summed E-state index contributed by atoms with van der Waals surface area (Å²) in [6.45, 7) is 0. The van der Waals surface area contributed by atoms with E-state index in [2.05, 4.69) is 32.8 Å². The molecule has 0 unspecified atom stereocenters. The van der Waals surface area contributed by atoms with Gasteiger partial charge in [-0.15, -0.1) is 0 Å². The van der Waals surface area contributed by atoms with E-state index in [-0.39, 0.29) is 5.56 Å². The smallest absolute Gasteiger partial charge is 0.262 e. The Hall–Kier alpha value is -1.80. The van der Waals surface area contributed by atoms with E-state index in [1.54, 1.807) is 12.3 Å². The summed E-state index contributed by atoms with van der Waals surface area (Å²) in [6.07, 6.45) is -1.33. The molecule has 2 aromatic rings. The van der Waals surface area contributed by atoms with Crippen molar-refractivity contribution in [2.24, 2.45) is 0 Å². The molecular weight excluding hydrogens is 319 g/mol. The third kappa shape index (κ3) is 3.58. The summed E-state index contributed by atoms with van der Waals surface area (Å²) in [5, 5.41) is 0. The fourth-order valence-corrected chi connectivity index (χ4v) is 1.82. The highest BCUT2D eigenvalue weighted by atomic mass is 79.9. The van der Waals surface area contributed by atoms with Crippen LogP contribution in [0.15, 0.2) is 47.2 Å². The summed E-state index contributed by atoms with van der Waals surface area (Å²) in [4.78, 5) is 3.90. The number of pyridine rings is 1. The Bertz CT molecular complexity index is 653. The molecule has 0 atom stereocenters. The molecule has 1 aromatic carbocycles. The molecule has 1 heterocycles. The van der Waals surface area contributed by atoms with Gasteiger partial charge in [-0.2, -0.15) is 13.2 Å². The predicted octanol–water partition coefficient (Wildman–Crippen LogP) is 4.26. The average molecular weight is 326 g/mol. The van der Waals surface area contributed by atoms with E-state index in [0.29, 0.717) is 5.56 Å². The van der Waals surface area contributed by atoms with Gasteiger partial charge in [0, 0.05) is 28.0 Å². The zero-order valence-electron chi connectivity index (χ0n) is 9.50. The van der Waals surface area contributed by atoms with Crippen molar-refractivity contribution in [3.8, 4) is 11.8 Å². The summed E-state index contributed by atoms with van der Waals surface area (Å²) in [5.41, 5.74) is -0.230. The van der Waals surface area contributed by atoms with Crippen LogP contribution < -0.4 is 0 Å². The van der Waals surface area contributed by atoms with Crippen molar-refractivity contribution >= 4 is 15.9 Å². The van der Waals surface area contributed by atoms with E-state index in [9.17, 15) is 13.2 Å². The predicted molar refractivity (Wildman–Crippen MR) is 69.4 cm³/mol. The van der Waals surface area contributed by atoms with E-state index in [0.717, 1.165) is 10.5 Å². The fourth-order valence-electron chi connectivity index (χ4n) is 1.46. The zero-order chi connectivity index (χ0) is 13.9. The molecule has 19 heavy (non-hydrogen) atoms. The van der Waals surface area contributed by atoms with Crippen LogP contribution in [0.1, 0.15) is 16.7 Å². The molecule has 0 radical (unpaired) electrons. The Morgan fingerprint density at radius 1 is 1.05 bits per heavy atom. The van der Waals surface area contributed by atoms with Crippen molar-refractivity contribution in [1.29, 1.82) is 0 Å². The average Bonchev–Trinajstić information content (AvgIpc) is 2.36. The number of hydrogen-bond donors (Lipinski definition) is 0. The first kappa shape index (κ1) is 13.6. The molecule has 0 aliphatic carbocycles. The molecule has 0 amide bonds. The van der Waals surface area contributed by atoms with Crippen LogP contribution in [0.3, 0.4) is 0 Å². The summed E-state index contributed by atoms with van der Waals surface area (Å²) in [6, 6.07) is 6.92. The molecule has 0 N–H and O–H groups in total. The van der Waals surface area contributed by atoms with E-state index in [1.165, 1.54) is 24.4 Å². The van der Waals surface area contributed by atoms with Crippen molar-refractivity contribution < 1.29 is 13.2 Å². The maximum absolute atomic E-state index is 12.8. The summed E-state index contributed by atoms with van der Waals surface area (Å²) in [5.74, 6) is 5.20. The second kappa shape index (κ2) is 5.45. The highest BCUT2D eigenvalue weighted by Crippen LogP contribution is 2.31. The SMILES string of the molecule is FC(F)(F)c1ccccc1C#Cc1cncc(Br)c1. The first-order valence-electron chi connectivity index (χ1n) is 5.25. The van der Waals surface area contributed by atoms with Crippen molar-refractivity contribution in [3.63, 3.8) is 0 Å². The molecule has 1 aromatic heterocycles. The molecule has 0 saturated heterocycles. The molecule has 5 heteroatoms. The van der Waals surface area contributed by atoms with Gasteiger partial charge in [0.05, 0.1) is 5.56 Å². The lowest BCUT2D eigenvalue weighted by atomic mass is 10.1. The lowest BCUT2D eigenvalue weighted by molar-refractivity contribution is -0.137. The Labute approximate surface area is 116 Å². The van der Waals surface area contributed by atoms with Gasteiger partial charge in [0.15, 0.2) is 0 Å². The molecule has 1 nitrogen and oxygen atoms in total. The number of hydrogen-bond acceptors (Lipinski definition) is 1. The van der Waals surface area contributed by atoms with Gasteiger partial charge in [-0.25, -0.2) is 0 Å². The van der Waals surface area contributed by atoms with Crippen LogP contribution >= 0.6 is 15.9 Å². The van der Waals surface area contributed by atoms with Crippen LogP contribution in [0.5, 0.6) is 0 Å². The summed E-state index contributed by atoms with van der Waals surface area (Å²) < 4.78 is 39.0. The van der Waals surface area contributed by atoms with Crippen molar-refractivity contribution in [2.75, 3.05) is 0 Å². The first-order chi connectivity index (χ1) is 8.97. The summed E-state index contributed by atoms with van der Waals surface area (Å²) >= 11 is 3.22.